The van der Waals surface area contributed by atoms with E-state index in [1.165, 1.54) is 5.56 Å². The van der Waals surface area contributed by atoms with Crippen LogP contribution in [0.4, 0.5) is 0 Å². The number of halogens is 2. The monoisotopic (exact) mass is 398 g/mol. The molecule has 0 radical (unpaired) electrons. The highest BCUT2D eigenvalue weighted by atomic mass is 79.9. The molecule has 4 heteroatoms. The zero-order valence-corrected chi connectivity index (χ0v) is 14.8. The lowest BCUT2D eigenvalue weighted by Crippen LogP contribution is -1.99. The van der Waals surface area contributed by atoms with E-state index in [1.807, 2.05) is 18.2 Å². The SMILES string of the molecule is COc1ccc(OC)c(C(Br)c2cccc(C)c2Br)c1. The summed E-state index contributed by atoms with van der Waals surface area (Å²) in [4.78, 5) is 0.0295. The standard InChI is InChI=1S/C16H16Br2O2/c1-10-5-4-6-12(15(10)17)16(18)13-9-11(19-2)7-8-14(13)20-3/h4-9,16H,1-3H3. The minimum atomic E-state index is 0.0295. The number of aryl methyl sites for hydroxylation is 1. The van der Waals surface area contributed by atoms with Gasteiger partial charge in [-0.25, -0.2) is 0 Å². The van der Waals surface area contributed by atoms with E-state index in [1.54, 1.807) is 14.2 Å². The van der Waals surface area contributed by atoms with Crippen molar-refractivity contribution in [3.8, 4) is 11.5 Å². The van der Waals surface area contributed by atoms with Gasteiger partial charge in [0.25, 0.3) is 0 Å². The van der Waals surface area contributed by atoms with E-state index in [2.05, 4.69) is 57.0 Å². The summed E-state index contributed by atoms with van der Waals surface area (Å²) in [5.41, 5.74) is 3.41. The molecule has 0 spiro atoms. The van der Waals surface area contributed by atoms with E-state index in [9.17, 15) is 0 Å². The average Bonchev–Trinajstić information content (AvgIpc) is 2.48. The predicted molar refractivity (Wildman–Crippen MR) is 89.2 cm³/mol. The zero-order valence-electron chi connectivity index (χ0n) is 11.6. The third-order valence-corrected chi connectivity index (χ3v) is 5.27. The Morgan fingerprint density at radius 3 is 2.40 bits per heavy atom. The highest BCUT2D eigenvalue weighted by Gasteiger charge is 2.19. The average molecular weight is 400 g/mol. The van der Waals surface area contributed by atoms with Gasteiger partial charge in [-0.1, -0.05) is 50.1 Å². The molecule has 0 N–H and O–H groups in total. The molecule has 20 heavy (non-hydrogen) atoms. The summed E-state index contributed by atoms with van der Waals surface area (Å²) in [7, 11) is 3.34. The van der Waals surface area contributed by atoms with E-state index in [-0.39, 0.29) is 4.83 Å². The summed E-state index contributed by atoms with van der Waals surface area (Å²) < 4.78 is 11.9. The topological polar surface area (TPSA) is 18.5 Å². The predicted octanol–water partition coefficient (Wildman–Crippen LogP) is 5.26. The second-order valence-electron chi connectivity index (χ2n) is 4.45. The Kier molecular flexibility index (Phi) is 5.11. The first kappa shape index (κ1) is 15.4. The van der Waals surface area contributed by atoms with Gasteiger partial charge in [0.05, 0.1) is 19.0 Å². The Bertz CT molecular complexity index is 611. The van der Waals surface area contributed by atoms with E-state index in [4.69, 9.17) is 9.47 Å². The molecule has 0 saturated carbocycles. The Balaban J connectivity index is 2.51. The highest BCUT2D eigenvalue weighted by molar-refractivity contribution is 9.11. The quantitative estimate of drug-likeness (QED) is 0.653. The molecule has 2 rings (SSSR count). The third-order valence-electron chi connectivity index (χ3n) is 3.20. The fraction of sp³-hybridized carbons (Fsp3) is 0.250. The molecular formula is C16H16Br2O2. The molecule has 0 bridgehead atoms. The number of hydrogen-bond donors (Lipinski definition) is 0. The Morgan fingerprint density at radius 2 is 1.75 bits per heavy atom. The minimum Gasteiger partial charge on any atom is -0.497 e. The lowest BCUT2D eigenvalue weighted by atomic mass is 10.0. The summed E-state index contributed by atoms with van der Waals surface area (Å²) in [5, 5.41) is 0. The molecule has 2 nitrogen and oxygen atoms in total. The molecule has 2 aromatic rings. The van der Waals surface area contributed by atoms with Crippen molar-refractivity contribution in [1.29, 1.82) is 0 Å². The van der Waals surface area contributed by atoms with Gasteiger partial charge in [-0.15, -0.1) is 0 Å². The van der Waals surface area contributed by atoms with Gasteiger partial charge in [0.1, 0.15) is 11.5 Å². The second-order valence-corrected chi connectivity index (χ2v) is 6.16. The number of methoxy groups -OCH3 is 2. The van der Waals surface area contributed by atoms with Gasteiger partial charge >= 0.3 is 0 Å². The van der Waals surface area contributed by atoms with Crippen LogP contribution in [0.2, 0.25) is 0 Å². The summed E-state index contributed by atoms with van der Waals surface area (Å²) in [6.45, 7) is 2.08. The third kappa shape index (κ3) is 3.01. The Hall–Kier alpha value is -1.00. The molecule has 0 heterocycles. The zero-order chi connectivity index (χ0) is 14.7. The van der Waals surface area contributed by atoms with Gasteiger partial charge in [0.15, 0.2) is 0 Å². The van der Waals surface area contributed by atoms with Crippen LogP contribution in [-0.2, 0) is 0 Å². The molecule has 0 fully saturated rings. The van der Waals surface area contributed by atoms with Gasteiger partial charge in [-0.2, -0.15) is 0 Å². The van der Waals surface area contributed by atoms with Crippen molar-refractivity contribution >= 4 is 31.9 Å². The van der Waals surface area contributed by atoms with Crippen LogP contribution in [0.3, 0.4) is 0 Å². The maximum absolute atomic E-state index is 5.46. The van der Waals surface area contributed by atoms with Crippen LogP contribution in [0.1, 0.15) is 21.5 Å². The maximum Gasteiger partial charge on any atom is 0.123 e. The largest absolute Gasteiger partial charge is 0.497 e. The first-order valence-corrected chi connectivity index (χ1v) is 7.90. The molecule has 0 amide bonds. The molecular weight excluding hydrogens is 384 g/mol. The molecule has 1 unspecified atom stereocenters. The van der Waals surface area contributed by atoms with E-state index in [0.29, 0.717) is 0 Å². The Morgan fingerprint density at radius 1 is 1.00 bits per heavy atom. The van der Waals surface area contributed by atoms with Crippen LogP contribution in [-0.4, -0.2) is 14.2 Å². The fourth-order valence-corrected chi connectivity index (χ4v) is 3.61. The van der Waals surface area contributed by atoms with E-state index in [0.717, 1.165) is 27.1 Å². The van der Waals surface area contributed by atoms with Gasteiger partial charge in [-0.05, 0) is 36.2 Å². The molecule has 106 valence electrons. The highest BCUT2D eigenvalue weighted by Crippen LogP contribution is 2.41. The summed E-state index contributed by atoms with van der Waals surface area (Å²) >= 11 is 7.43. The number of rotatable bonds is 4. The van der Waals surface area contributed by atoms with Crippen molar-refractivity contribution in [3.05, 3.63) is 57.6 Å². The molecule has 2 aromatic carbocycles. The van der Waals surface area contributed by atoms with Gasteiger partial charge in [0, 0.05) is 10.0 Å². The first-order chi connectivity index (χ1) is 9.58. The molecule has 0 aliphatic rings. The van der Waals surface area contributed by atoms with Crippen molar-refractivity contribution < 1.29 is 9.47 Å². The van der Waals surface area contributed by atoms with Gasteiger partial charge in [0.2, 0.25) is 0 Å². The summed E-state index contributed by atoms with van der Waals surface area (Å²) in [5.74, 6) is 1.65. The fourth-order valence-electron chi connectivity index (χ4n) is 2.07. The number of hydrogen-bond acceptors (Lipinski definition) is 2. The smallest absolute Gasteiger partial charge is 0.123 e. The van der Waals surface area contributed by atoms with Crippen LogP contribution in [0.15, 0.2) is 40.9 Å². The lowest BCUT2D eigenvalue weighted by Gasteiger charge is -2.18. The number of alkyl halides is 1. The van der Waals surface area contributed by atoms with Gasteiger partial charge < -0.3 is 9.47 Å². The normalized spacial score (nSPS) is 12.1. The van der Waals surface area contributed by atoms with Crippen molar-refractivity contribution in [2.24, 2.45) is 0 Å². The maximum atomic E-state index is 5.46. The van der Waals surface area contributed by atoms with E-state index < -0.39 is 0 Å². The molecule has 0 aromatic heterocycles. The number of benzene rings is 2. The summed E-state index contributed by atoms with van der Waals surface area (Å²) in [6.07, 6.45) is 0. The van der Waals surface area contributed by atoms with Crippen molar-refractivity contribution in [3.63, 3.8) is 0 Å². The molecule has 0 saturated heterocycles. The van der Waals surface area contributed by atoms with Crippen molar-refractivity contribution in [1.82, 2.24) is 0 Å². The first-order valence-electron chi connectivity index (χ1n) is 6.19. The van der Waals surface area contributed by atoms with Crippen LogP contribution >= 0.6 is 31.9 Å². The van der Waals surface area contributed by atoms with Crippen LogP contribution < -0.4 is 9.47 Å². The minimum absolute atomic E-state index is 0.0295. The Labute approximate surface area is 136 Å². The van der Waals surface area contributed by atoms with Crippen LogP contribution in [0.5, 0.6) is 11.5 Å². The van der Waals surface area contributed by atoms with Crippen molar-refractivity contribution in [2.45, 2.75) is 11.8 Å². The molecule has 1 atom stereocenters. The molecule has 0 aliphatic heterocycles. The second kappa shape index (κ2) is 6.64. The lowest BCUT2D eigenvalue weighted by molar-refractivity contribution is 0.399. The molecule has 0 aliphatic carbocycles. The van der Waals surface area contributed by atoms with Gasteiger partial charge in [-0.3, -0.25) is 0 Å². The van der Waals surface area contributed by atoms with Crippen molar-refractivity contribution in [2.75, 3.05) is 14.2 Å². The van der Waals surface area contributed by atoms with Crippen LogP contribution in [0.25, 0.3) is 0 Å². The number of ether oxygens (including phenoxy) is 2. The van der Waals surface area contributed by atoms with Crippen LogP contribution in [0, 0.1) is 6.92 Å². The summed E-state index contributed by atoms with van der Waals surface area (Å²) in [6, 6.07) is 12.0. The van der Waals surface area contributed by atoms with E-state index >= 15 is 0 Å².